The van der Waals surface area contributed by atoms with E-state index in [-0.39, 0.29) is 5.75 Å². The highest BCUT2D eigenvalue weighted by atomic mass is 16.3. The average Bonchev–Trinajstić information content (AvgIpc) is 3.38. The number of nitrogens with zero attached hydrogens (tertiary/aromatic N) is 6. The summed E-state index contributed by atoms with van der Waals surface area (Å²) < 4.78 is 1.75. The molecule has 8 nitrogen and oxygen atoms in total. The highest BCUT2D eigenvalue weighted by Gasteiger charge is 2.38. The molecule has 0 aliphatic carbocycles. The van der Waals surface area contributed by atoms with E-state index in [2.05, 4.69) is 43.5 Å². The number of benzene rings is 1. The van der Waals surface area contributed by atoms with Gasteiger partial charge in [-0.25, -0.2) is 0 Å². The molecule has 3 atom stereocenters. The number of aromatic hydroxyl groups is 1. The van der Waals surface area contributed by atoms with E-state index in [4.69, 9.17) is 0 Å². The lowest BCUT2D eigenvalue weighted by Gasteiger charge is -2.43. The topological polar surface area (TPSA) is 82.3 Å². The number of fused-ring (bicyclic) bond motifs is 3. The fraction of sp³-hybridized carbons (Fsp3) is 0.458. The number of aryl methyl sites for hydroxylation is 1. The molecule has 1 aromatic carbocycles. The Morgan fingerprint density at radius 1 is 1.00 bits per heavy atom. The minimum Gasteiger partial charge on any atom is -0.507 e. The molecule has 0 amide bonds. The fourth-order valence-electron chi connectivity index (χ4n) is 5.61. The molecule has 0 radical (unpaired) electrons. The van der Waals surface area contributed by atoms with Gasteiger partial charge in [0.15, 0.2) is 5.82 Å². The van der Waals surface area contributed by atoms with Crippen molar-refractivity contribution in [1.82, 2.24) is 25.3 Å². The van der Waals surface area contributed by atoms with Gasteiger partial charge in [0.05, 0.1) is 17.6 Å². The summed E-state index contributed by atoms with van der Waals surface area (Å²) in [5, 5.41) is 28.0. The second-order valence-corrected chi connectivity index (χ2v) is 9.45. The maximum atomic E-state index is 10.8. The second-order valence-electron chi connectivity index (χ2n) is 9.45. The summed E-state index contributed by atoms with van der Waals surface area (Å²) in [6.45, 7) is 1.94. The summed E-state index contributed by atoms with van der Waals surface area (Å²) in [6, 6.07) is 9.56. The zero-order valence-electron chi connectivity index (χ0n) is 18.6. The van der Waals surface area contributed by atoms with Gasteiger partial charge in [0.25, 0.3) is 0 Å². The highest BCUT2D eigenvalue weighted by Crippen LogP contribution is 2.40. The van der Waals surface area contributed by atoms with Crippen LogP contribution < -0.4 is 15.1 Å². The van der Waals surface area contributed by atoms with Crippen LogP contribution in [-0.4, -0.2) is 63.3 Å². The zero-order chi connectivity index (χ0) is 21.8. The lowest BCUT2D eigenvalue weighted by atomic mass is 9.97. The van der Waals surface area contributed by atoms with Crippen LogP contribution in [-0.2, 0) is 7.05 Å². The van der Waals surface area contributed by atoms with Crippen molar-refractivity contribution < 1.29 is 5.11 Å². The Balaban J connectivity index is 1.32. The number of hydrogen-bond donors (Lipinski definition) is 2. The van der Waals surface area contributed by atoms with E-state index in [1.807, 2.05) is 25.4 Å². The Kier molecular flexibility index (Phi) is 4.57. The molecule has 3 aliphatic heterocycles. The van der Waals surface area contributed by atoms with E-state index in [1.165, 1.54) is 25.7 Å². The van der Waals surface area contributed by atoms with E-state index in [0.717, 1.165) is 35.7 Å². The van der Waals surface area contributed by atoms with Crippen molar-refractivity contribution in [3.8, 4) is 28.1 Å². The summed E-state index contributed by atoms with van der Waals surface area (Å²) in [6.07, 6.45) is 8.67. The fourth-order valence-corrected chi connectivity index (χ4v) is 5.61. The van der Waals surface area contributed by atoms with Crippen molar-refractivity contribution in [2.75, 3.05) is 29.9 Å². The van der Waals surface area contributed by atoms with Crippen LogP contribution in [0.5, 0.6) is 5.75 Å². The van der Waals surface area contributed by atoms with Crippen molar-refractivity contribution in [1.29, 1.82) is 0 Å². The molecule has 2 unspecified atom stereocenters. The molecule has 2 N–H and O–H groups in total. The van der Waals surface area contributed by atoms with E-state index < -0.39 is 0 Å². The van der Waals surface area contributed by atoms with E-state index in [9.17, 15) is 5.11 Å². The van der Waals surface area contributed by atoms with Crippen LogP contribution >= 0.6 is 0 Å². The zero-order valence-corrected chi connectivity index (χ0v) is 18.6. The van der Waals surface area contributed by atoms with Crippen LogP contribution in [0.25, 0.3) is 22.4 Å². The first-order valence-electron chi connectivity index (χ1n) is 11.5. The molecule has 2 saturated heterocycles. The number of phenolic OH excluding ortho intramolecular Hbond substituents is 1. The summed E-state index contributed by atoms with van der Waals surface area (Å²) in [5.74, 6) is 1.17. The summed E-state index contributed by atoms with van der Waals surface area (Å²) in [4.78, 5) is 4.73. The van der Waals surface area contributed by atoms with E-state index in [0.29, 0.717) is 29.4 Å². The van der Waals surface area contributed by atoms with Crippen molar-refractivity contribution in [2.24, 2.45) is 7.05 Å². The minimum atomic E-state index is 0.200. The van der Waals surface area contributed by atoms with Crippen LogP contribution in [0.1, 0.15) is 25.7 Å². The van der Waals surface area contributed by atoms with Crippen LogP contribution in [0.4, 0.5) is 11.5 Å². The number of piperidine rings is 1. The standard InChI is InChI=1S/C24H29N7O/c1-29-7-8-31(19-10-17-4-5-18(11-19)26-17)24-22(29)12-21(27-28-24)20-6-3-15(9-23(20)32)16-13-25-30(2)14-16/h3,6,9,12-14,17-19,26,32H,4-5,7-8,10-11H2,1-2H3/t17-,18?,19?/m0/s1. The Morgan fingerprint density at radius 3 is 2.53 bits per heavy atom. The van der Waals surface area contributed by atoms with Gasteiger partial charge >= 0.3 is 0 Å². The third kappa shape index (κ3) is 3.30. The lowest BCUT2D eigenvalue weighted by Crippen LogP contribution is -2.52. The third-order valence-electron chi connectivity index (χ3n) is 7.32. The predicted molar refractivity (Wildman–Crippen MR) is 125 cm³/mol. The molecule has 3 aliphatic rings. The normalized spacial score (nSPS) is 24.6. The number of aromatic nitrogens is 4. The van der Waals surface area contributed by atoms with Crippen LogP contribution in [0, 0.1) is 0 Å². The Morgan fingerprint density at radius 2 is 1.81 bits per heavy atom. The first kappa shape index (κ1) is 19.5. The third-order valence-corrected chi connectivity index (χ3v) is 7.32. The molecule has 5 heterocycles. The van der Waals surface area contributed by atoms with Crippen LogP contribution in [0.3, 0.4) is 0 Å². The van der Waals surface area contributed by atoms with Crippen LogP contribution in [0.2, 0.25) is 0 Å². The number of hydrogen-bond acceptors (Lipinski definition) is 7. The molecule has 2 bridgehead atoms. The van der Waals surface area contributed by atoms with Gasteiger partial charge in [0.2, 0.25) is 0 Å². The molecule has 32 heavy (non-hydrogen) atoms. The maximum absolute atomic E-state index is 10.8. The molecular weight excluding hydrogens is 402 g/mol. The van der Waals surface area contributed by atoms with Gasteiger partial charge in [0.1, 0.15) is 5.75 Å². The van der Waals surface area contributed by atoms with Gasteiger partial charge in [-0.2, -0.15) is 5.10 Å². The first-order valence-corrected chi connectivity index (χ1v) is 11.5. The van der Waals surface area contributed by atoms with Gasteiger partial charge in [-0.3, -0.25) is 4.68 Å². The van der Waals surface area contributed by atoms with Gasteiger partial charge in [0, 0.05) is 62.6 Å². The maximum Gasteiger partial charge on any atom is 0.175 e. The molecule has 6 rings (SSSR count). The van der Waals surface area contributed by atoms with Crippen molar-refractivity contribution >= 4 is 11.5 Å². The number of likely N-dealkylation sites (N-methyl/N-ethyl adjacent to an activating group) is 1. The Bertz CT molecular complexity index is 1150. The van der Waals surface area contributed by atoms with Gasteiger partial charge in [-0.05, 0) is 49.4 Å². The van der Waals surface area contributed by atoms with Crippen LogP contribution in [0.15, 0.2) is 36.7 Å². The molecule has 0 spiro atoms. The predicted octanol–water partition coefficient (Wildman–Crippen LogP) is 2.79. The van der Waals surface area contributed by atoms with E-state index >= 15 is 0 Å². The Hall–Kier alpha value is -3.13. The first-order chi connectivity index (χ1) is 15.5. The molecule has 3 aromatic rings. The summed E-state index contributed by atoms with van der Waals surface area (Å²) in [5.41, 5.74) is 4.37. The van der Waals surface area contributed by atoms with E-state index in [1.54, 1.807) is 16.9 Å². The summed E-state index contributed by atoms with van der Waals surface area (Å²) >= 11 is 0. The average molecular weight is 432 g/mol. The summed E-state index contributed by atoms with van der Waals surface area (Å²) in [7, 11) is 3.99. The molecule has 2 fully saturated rings. The minimum absolute atomic E-state index is 0.200. The smallest absolute Gasteiger partial charge is 0.175 e. The lowest BCUT2D eigenvalue weighted by molar-refractivity contribution is 0.344. The quantitative estimate of drug-likeness (QED) is 0.660. The SMILES string of the molecule is CN1CCN(C2CC3CC[C@@H](C2)N3)c2nnc(-c3ccc(-c4cnn(C)c4)cc3O)cc21. The number of rotatable bonds is 3. The van der Waals surface area contributed by atoms with Gasteiger partial charge < -0.3 is 20.2 Å². The van der Waals surface area contributed by atoms with Crippen molar-refractivity contribution in [3.63, 3.8) is 0 Å². The van der Waals surface area contributed by atoms with Gasteiger partial charge in [-0.15, -0.1) is 10.2 Å². The highest BCUT2D eigenvalue weighted by molar-refractivity contribution is 5.79. The molecule has 8 heteroatoms. The number of anilines is 2. The monoisotopic (exact) mass is 431 g/mol. The Labute approximate surface area is 187 Å². The molecule has 2 aromatic heterocycles. The second kappa shape index (κ2) is 7.48. The number of nitrogens with one attached hydrogen (secondary N) is 1. The number of phenols is 1. The van der Waals surface area contributed by atoms with Crippen molar-refractivity contribution in [3.05, 3.63) is 36.7 Å². The molecule has 166 valence electrons. The molecule has 0 saturated carbocycles. The van der Waals surface area contributed by atoms with Crippen molar-refractivity contribution in [2.45, 2.75) is 43.8 Å². The largest absolute Gasteiger partial charge is 0.507 e. The van der Waals surface area contributed by atoms with Gasteiger partial charge in [-0.1, -0.05) is 6.07 Å². The molecular formula is C24H29N7O.